The minimum atomic E-state index is -0.312. The zero-order valence-electron chi connectivity index (χ0n) is 12.7. The molecule has 0 aliphatic carbocycles. The fraction of sp³-hybridized carbons (Fsp3) is 0.167. The van der Waals surface area contributed by atoms with Crippen molar-refractivity contribution >= 4 is 17.4 Å². The lowest BCUT2D eigenvalue weighted by Gasteiger charge is -2.19. The lowest BCUT2D eigenvalue weighted by Crippen LogP contribution is -2.35. The van der Waals surface area contributed by atoms with Crippen molar-refractivity contribution in [1.29, 1.82) is 5.26 Å². The van der Waals surface area contributed by atoms with Crippen molar-refractivity contribution in [2.24, 2.45) is 0 Å². The molecule has 116 valence electrons. The van der Waals surface area contributed by atoms with Crippen LogP contribution in [0.15, 0.2) is 54.6 Å². The Morgan fingerprint density at radius 2 is 1.74 bits per heavy atom. The van der Waals surface area contributed by atoms with Gasteiger partial charge in [0.2, 0.25) is 0 Å². The van der Waals surface area contributed by atoms with Gasteiger partial charge in [0, 0.05) is 11.3 Å². The minimum absolute atomic E-state index is 0.0306. The van der Waals surface area contributed by atoms with Gasteiger partial charge in [0.15, 0.2) is 12.4 Å². The summed E-state index contributed by atoms with van der Waals surface area (Å²) in [6.07, 6.45) is 0. The predicted octanol–water partition coefficient (Wildman–Crippen LogP) is 2.82. The van der Waals surface area contributed by atoms with Crippen molar-refractivity contribution in [2.75, 3.05) is 18.1 Å². The Morgan fingerprint density at radius 3 is 2.30 bits per heavy atom. The minimum Gasteiger partial charge on any atom is -0.484 e. The molecule has 0 aliphatic rings. The number of amides is 1. The van der Waals surface area contributed by atoms with Crippen LogP contribution in [0.4, 0.5) is 5.69 Å². The monoisotopic (exact) mass is 308 g/mol. The summed E-state index contributed by atoms with van der Waals surface area (Å²) in [6.45, 7) is 1.25. The number of carbonyl (C=O) groups is 2. The van der Waals surface area contributed by atoms with Crippen molar-refractivity contribution in [1.82, 2.24) is 0 Å². The summed E-state index contributed by atoms with van der Waals surface area (Å²) in [7, 11) is 0. The number of rotatable bonds is 6. The highest BCUT2D eigenvalue weighted by molar-refractivity contribution is 5.95. The number of anilines is 1. The summed E-state index contributed by atoms with van der Waals surface area (Å²) in [5.74, 6) is 0.151. The number of hydrogen-bond acceptors (Lipinski definition) is 4. The number of hydrogen-bond donors (Lipinski definition) is 0. The molecule has 0 bridgehead atoms. The maximum Gasteiger partial charge on any atom is 0.265 e. The zero-order chi connectivity index (χ0) is 16.7. The first-order valence-electron chi connectivity index (χ1n) is 7.08. The normalized spacial score (nSPS) is 9.74. The van der Waals surface area contributed by atoms with Crippen molar-refractivity contribution < 1.29 is 14.3 Å². The van der Waals surface area contributed by atoms with Gasteiger partial charge in [-0.15, -0.1) is 0 Å². The number of Topliss-reactive ketones (excluding diaryl/α,β-unsaturated/α-hetero) is 1. The third-order valence-corrected chi connectivity index (χ3v) is 3.22. The molecule has 0 fully saturated rings. The van der Waals surface area contributed by atoms with Crippen molar-refractivity contribution in [3.8, 4) is 11.8 Å². The predicted molar refractivity (Wildman–Crippen MR) is 86.3 cm³/mol. The van der Waals surface area contributed by atoms with Gasteiger partial charge in [-0.1, -0.05) is 18.2 Å². The molecule has 2 rings (SSSR count). The fourth-order valence-corrected chi connectivity index (χ4v) is 2.01. The highest BCUT2D eigenvalue weighted by Gasteiger charge is 2.15. The molecule has 0 atom stereocenters. The molecule has 0 spiro atoms. The highest BCUT2D eigenvalue weighted by atomic mass is 16.5. The third kappa shape index (κ3) is 4.42. The first-order valence-corrected chi connectivity index (χ1v) is 7.08. The van der Waals surface area contributed by atoms with E-state index in [2.05, 4.69) is 0 Å². The first-order chi connectivity index (χ1) is 11.1. The van der Waals surface area contributed by atoms with Crippen molar-refractivity contribution in [3.05, 3.63) is 60.2 Å². The number of nitriles is 1. The average Bonchev–Trinajstić information content (AvgIpc) is 2.58. The average molecular weight is 308 g/mol. The van der Waals surface area contributed by atoms with E-state index in [9.17, 15) is 9.59 Å². The number of nitrogens with zero attached hydrogens (tertiary/aromatic N) is 2. The number of ketones is 1. The smallest absolute Gasteiger partial charge is 0.265 e. The second-order valence-electron chi connectivity index (χ2n) is 4.84. The van der Waals surface area contributed by atoms with E-state index >= 15 is 0 Å². The van der Waals surface area contributed by atoms with Crippen LogP contribution in [0.3, 0.4) is 0 Å². The van der Waals surface area contributed by atoms with Gasteiger partial charge in [-0.3, -0.25) is 14.5 Å². The molecule has 0 aromatic heterocycles. The maximum absolute atomic E-state index is 12.3. The number of benzene rings is 2. The van der Waals surface area contributed by atoms with Crippen LogP contribution in [-0.4, -0.2) is 24.8 Å². The van der Waals surface area contributed by atoms with Gasteiger partial charge in [0.25, 0.3) is 5.91 Å². The molecule has 0 heterocycles. The fourth-order valence-electron chi connectivity index (χ4n) is 2.01. The molecule has 23 heavy (non-hydrogen) atoms. The van der Waals surface area contributed by atoms with Crippen LogP contribution in [-0.2, 0) is 4.79 Å². The molecule has 2 aromatic carbocycles. The Hall–Kier alpha value is -3.13. The van der Waals surface area contributed by atoms with Gasteiger partial charge in [-0.25, -0.2) is 0 Å². The van der Waals surface area contributed by atoms with Gasteiger partial charge < -0.3 is 4.74 Å². The molecule has 0 N–H and O–H groups in total. The molecule has 0 radical (unpaired) electrons. The van der Waals surface area contributed by atoms with Gasteiger partial charge in [-0.05, 0) is 43.3 Å². The van der Waals surface area contributed by atoms with Gasteiger partial charge in [-0.2, -0.15) is 5.26 Å². The quantitative estimate of drug-likeness (QED) is 0.608. The van der Waals surface area contributed by atoms with Crippen molar-refractivity contribution in [3.63, 3.8) is 0 Å². The van der Waals surface area contributed by atoms with E-state index < -0.39 is 0 Å². The third-order valence-electron chi connectivity index (χ3n) is 3.22. The summed E-state index contributed by atoms with van der Waals surface area (Å²) in [5.41, 5.74) is 1.23. The first kappa shape index (κ1) is 16.2. The highest BCUT2D eigenvalue weighted by Crippen LogP contribution is 2.15. The molecule has 5 nitrogen and oxygen atoms in total. The van der Waals surface area contributed by atoms with Crippen molar-refractivity contribution in [2.45, 2.75) is 6.92 Å². The van der Waals surface area contributed by atoms with Crippen LogP contribution >= 0.6 is 0 Å². The molecule has 0 aliphatic heterocycles. The largest absolute Gasteiger partial charge is 0.484 e. The summed E-state index contributed by atoms with van der Waals surface area (Å²) >= 11 is 0. The van der Waals surface area contributed by atoms with Crippen LogP contribution in [0.2, 0.25) is 0 Å². The number of carbonyl (C=O) groups excluding carboxylic acids is 2. The van der Waals surface area contributed by atoms with Gasteiger partial charge in [0.1, 0.15) is 12.3 Å². The van der Waals surface area contributed by atoms with Crippen LogP contribution in [0, 0.1) is 11.3 Å². The Morgan fingerprint density at radius 1 is 1.09 bits per heavy atom. The lowest BCUT2D eigenvalue weighted by molar-refractivity contribution is -0.120. The Labute approximate surface area is 134 Å². The lowest BCUT2D eigenvalue weighted by atomic mass is 10.1. The Kier molecular flexibility index (Phi) is 5.48. The summed E-state index contributed by atoms with van der Waals surface area (Å²) in [5, 5.41) is 8.90. The summed E-state index contributed by atoms with van der Waals surface area (Å²) in [4.78, 5) is 24.9. The second-order valence-corrected chi connectivity index (χ2v) is 4.84. The molecule has 1 amide bonds. The maximum atomic E-state index is 12.3. The van der Waals surface area contributed by atoms with E-state index in [1.54, 1.807) is 48.5 Å². The number of para-hydroxylation sites is 1. The molecule has 0 unspecified atom stereocenters. The van der Waals surface area contributed by atoms with Gasteiger partial charge in [0.05, 0.1) is 6.07 Å². The van der Waals surface area contributed by atoms with Crippen LogP contribution in [0.1, 0.15) is 17.3 Å². The van der Waals surface area contributed by atoms with E-state index in [1.807, 2.05) is 12.1 Å². The SMILES string of the molecule is CC(=O)c1ccc(OCC(=O)N(CC#N)c2ccccc2)cc1. The van der Waals surface area contributed by atoms with Crippen LogP contribution in [0.5, 0.6) is 5.75 Å². The summed E-state index contributed by atoms with van der Waals surface area (Å²) in [6, 6.07) is 17.5. The Balaban J connectivity index is 2.02. The van der Waals surface area contributed by atoms with E-state index in [1.165, 1.54) is 11.8 Å². The molecular weight excluding hydrogens is 292 g/mol. The van der Waals surface area contributed by atoms with E-state index in [0.29, 0.717) is 17.0 Å². The second kappa shape index (κ2) is 7.76. The van der Waals surface area contributed by atoms with Gasteiger partial charge >= 0.3 is 0 Å². The van der Waals surface area contributed by atoms with Crippen LogP contribution in [0.25, 0.3) is 0 Å². The standard InChI is InChI=1S/C18H16N2O3/c1-14(21)15-7-9-17(10-8-15)23-13-18(22)20(12-11-19)16-5-3-2-4-6-16/h2-10H,12-13H2,1H3. The molecule has 0 saturated heterocycles. The van der Waals surface area contributed by atoms with E-state index in [-0.39, 0.29) is 24.8 Å². The van der Waals surface area contributed by atoms with E-state index in [4.69, 9.17) is 10.00 Å². The molecular formula is C18H16N2O3. The Bertz CT molecular complexity index is 718. The molecule has 2 aromatic rings. The van der Waals surface area contributed by atoms with E-state index in [0.717, 1.165) is 0 Å². The van der Waals surface area contributed by atoms with Crippen LogP contribution < -0.4 is 9.64 Å². The zero-order valence-corrected chi connectivity index (χ0v) is 12.7. The molecule has 0 saturated carbocycles. The molecule has 5 heteroatoms. The number of ether oxygens (including phenoxy) is 1. The topological polar surface area (TPSA) is 70.4 Å². The summed E-state index contributed by atoms with van der Waals surface area (Å²) < 4.78 is 5.44.